The van der Waals surface area contributed by atoms with Crippen molar-refractivity contribution < 1.29 is 0 Å². The van der Waals surface area contributed by atoms with Gasteiger partial charge >= 0.3 is 0 Å². The average Bonchev–Trinajstić information content (AvgIpc) is 2.82. The van der Waals surface area contributed by atoms with Crippen LogP contribution in [0.2, 0.25) is 0 Å². The monoisotopic (exact) mass is 427 g/mol. The van der Waals surface area contributed by atoms with E-state index in [1.165, 1.54) is 11.3 Å². The number of rotatable bonds is 6. The fourth-order valence-electron chi connectivity index (χ4n) is 2.33. The highest BCUT2D eigenvalue weighted by atomic mass is 127. The molecule has 3 N–H and O–H groups in total. The van der Waals surface area contributed by atoms with Crippen LogP contribution in [-0.4, -0.2) is 22.3 Å². The SMILES string of the molecule is CCc1ccc(NC(N)=NCCCn2nc(C)cc2C)cc1.I. The first-order valence-electron chi connectivity index (χ1n) is 7.75. The van der Waals surface area contributed by atoms with E-state index in [0.29, 0.717) is 12.5 Å². The molecule has 23 heavy (non-hydrogen) atoms. The molecule has 0 aliphatic carbocycles. The predicted octanol–water partition coefficient (Wildman–Crippen LogP) is 3.50. The summed E-state index contributed by atoms with van der Waals surface area (Å²) in [5.41, 5.74) is 10.4. The Bertz CT molecular complexity index is 631. The fraction of sp³-hybridized carbons (Fsp3) is 0.412. The van der Waals surface area contributed by atoms with Gasteiger partial charge in [0.25, 0.3) is 0 Å². The Morgan fingerprint density at radius 2 is 1.96 bits per heavy atom. The van der Waals surface area contributed by atoms with Crippen LogP contribution in [0.3, 0.4) is 0 Å². The highest BCUT2D eigenvalue weighted by molar-refractivity contribution is 14.0. The Hall–Kier alpha value is -1.57. The minimum atomic E-state index is 0. The smallest absolute Gasteiger partial charge is 0.193 e. The Morgan fingerprint density at radius 3 is 2.52 bits per heavy atom. The van der Waals surface area contributed by atoms with E-state index in [-0.39, 0.29) is 24.0 Å². The summed E-state index contributed by atoms with van der Waals surface area (Å²) < 4.78 is 2.01. The molecule has 0 radical (unpaired) electrons. The first kappa shape index (κ1) is 19.5. The normalized spacial score (nSPS) is 11.2. The minimum Gasteiger partial charge on any atom is -0.370 e. The van der Waals surface area contributed by atoms with Crippen molar-refractivity contribution in [3.8, 4) is 0 Å². The van der Waals surface area contributed by atoms with E-state index in [2.05, 4.69) is 47.5 Å². The molecule has 1 heterocycles. The van der Waals surface area contributed by atoms with Crippen molar-refractivity contribution in [2.24, 2.45) is 10.7 Å². The van der Waals surface area contributed by atoms with Crippen molar-refractivity contribution >= 4 is 35.6 Å². The lowest BCUT2D eigenvalue weighted by molar-refractivity contribution is 0.568. The molecule has 1 aromatic carbocycles. The summed E-state index contributed by atoms with van der Waals surface area (Å²) in [6.07, 6.45) is 1.95. The standard InChI is InChI=1S/C17H25N5.HI/c1-4-15-6-8-16(9-7-15)20-17(18)19-10-5-11-22-14(3)12-13(2)21-22;/h6-9,12H,4-5,10-11H2,1-3H3,(H3,18,19,20);1H. The summed E-state index contributed by atoms with van der Waals surface area (Å²) in [5.74, 6) is 0.456. The van der Waals surface area contributed by atoms with Gasteiger partial charge in [-0.3, -0.25) is 9.67 Å². The van der Waals surface area contributed by atoms with E-state index < -0.39 is 0 Å². The Labute approximate surface area is 155 Å². The largest absolute Gasteiger partial charge is 0.370 e. The number of aryl methyl sites for hydroxylation is 4. The summed E-state index contributed by atoms with van der Waals surface area (Å²) in [4.78, 5) is 4.36. The zero-order chi connectivity index (χ0) is 15.9. The number of nitrogens with zero attached hydrogens (tertiary/aromatic N) is 3. The number of hydrogen-bond acceptors (Lipinski definition) is 2. The highest BCUT2D eigenvalue weighted by Gasteiger charge is 2.00. The molecule has 2 rings (SSSR count). The molecule has 0 aliphatic heterocycles. The molecule has 5 nitrogen and oxygen atoms in total. The van der Waals surface area contributed by atoms with Crippen molar-refractivity contribution in [2.45, 2.75) is 40.2 Å². The Balaban J connectivity index is 0.00000264. The number of guanidine groups is 1. The van der Waals surface area contributed by atoms with Crippen LogP contribution in [0.25, 0.3) is 0 Å². The second-order valence-electron chi connectivity index (χ2n) is 5.45. The van der Waals surface area contributed by atoms with Gasteiger partial charge in [0.2, 0.25) is 0 Å². The number of aromatic nitrogens is 2. The molecule has 6 heteroatoms. The lowest BCUT2D eigenvalue weighted by Crippen LogP contribution is -2.23. The van der Waals surface area contributed by atoms with Crippen molar-refractivity contribution in [1.29, 1.82) is 0 Å². The van der Waals surface area contributed by atoms with Crippen molar-refractivity contribution in [3.05, 3.63) is 47.3 Å². The number of nitrogens with one attached hydrogen (secondary N) is 1. The van der Waals surface area contributed by atoms with Crippen LogP contribution in [0.15, 0.2) is 35.3 Å². The molecule has 0 saturated carbocycles. The molecule has 0 atom stereocenters. The van der Waals surface area contributed by atoms with E-state index in [1.807, 2.05) is 23.7 Å². The molecule has 0 unspecified atom stereocenters. The van der Waals surface area contributed by atoms with E-state index in [1.54, 1.807) is 0 Å². The van der Waals surface area contributed by atoms with Crippen LogP contribution < -0.4 is 11.1 Å². The molecule has 0 bridgehead atoms. The quantitative estimate of drug-likeness (QED) is 0.321. The molecule has 0 aliphatic rings. The molecule has 0 saturated heterocycles. The summed E-state index contributed by atoms with van der Waals surface area (Å²) in [6.45, 7) is 7.76. The van der Waals surface area contributed by atoms with Gasteiger partial charge in [0.05, 0.1) is 5.69 Å². The van der Waals surface area contributed by atoms with Crippen molar-refractivity contribution in [3.63, 3.8) is 0 Å². The number of hydrogen-bond donors (Lipinski definition) is 2. The molecule has 126 valence electrons. The summed E-state index contributed by atoms with van der Waals surface area (Å²) in [5, 5.41) is 7.54. The molecular formula is C17H26IN5. The van der Waals surface area contributed by atoms with E-state index in [9.17, 15) is 0 Å². The van der Waals surface area contributed by atoms with Crippen LogP contribution in [-0.2, 0) is 13.0 Å². The van der Waals surface area contributed by atoms with Gasteiger partial charge < -0.3 is 11.1 Å². The number of halogens is 1. The maximum Gasteiger partial charge on any atom is 0.193 e. The van der Waals surface area contributed by atoms with Gasteiger partial charge in [-0.25, -0.2) is 0 Å². The predicted molar refractivity (Wildman–Crippen MR) is 108 cm³/mol. The summed E-state index contributed by atoms with van der Waals surface area (Å²) >= 11 is 0. The number of benzene rings is 1. The van der Waals surface area contributed by atoms with E-state index in [0.717, 1.165) is 30.8 Å². The number of aliphatic imine (C=N–C) groups is 1. The molecule has 0 spiro atoms. The van der Waals surface area contributed by atoms with Gasteiger partial charge in [-0.1, -0.05) is 19.1 Å². The third kappa shape index (κ3) is 6.21. The van der Waals surface area contributed by atoms with Gasteiger partial charge in [0.15, 0.2) is 5.96 Å². The lowest BCUT2D eigenvalue weighted by atomic mass is 10.1. The maximum atomic E-state index is 5.91. The molecule has 1 aromatic heterocycles. The molecule has 0 fully saturated rings. The minimum absolute atomic E-state index is 0. The Kier molecular flexibility index (Phi) is 8.08. The topological polar surface area (TPSA) is 68.2 Å². The van der Waals surface area contributed by atoms with Crippen molar-refractivity contribution in [1.82, 2.24) is 9.78 Å². The number of nitrogens with two attached hydrogens (primary N) is 1. The van der Waals surface area contributed by atoms with Crippen LogP contribution in [0, 0.1) is 13.8 Å². The average molecular weight is 427 g/mol. The van der Waals surface area contributed by atoms with Gasteiger partial charge in [-0.05, 0) is 50.5 Å². The fourth-order valence-corrected chi connectivity index (χ4v) is 2.33. The summed E-state index contributed by atoms with van der Waals surface area (Å²) in [6, 6.07) is 10.3. The lowest BCUT2D eigenvalue weighted by Gasteiger charge is -2.07. The highest BCUT2D eigenvalue weighted by Crippen LogP contribution is 2.09. The maximum absolute atomic E-state index is 5.91. The third-order valence-electron chi connectivity index (χ3n) is 3.55. The van der Waals surface area contributed by atoms with Gasteiger partial charge in [0, 0.05) is 24.5 Å². The first-order valence-corrected chi connectivity index (χ1v) is 7.75. The molecule has 2 aromatic rings. The Morgan fingerprint density at radius 1 is 1.26 bits per heavy atom. The van der Waals surface area contributed by atoms with Crippen LogP contribution >= 0.6 is 24.0 Å². The van der Waals surface area contributed by atoms with Crippen molar-refractivity contribution in [2.75, 3.05) is 11.9 Å². The van der Waals surface area contributed by atoms with Gasteiger partial charge in [0.1, 0.15) is 0 Å². The zero-order valence-corrected chi connectivity index (χ0v) is 16.4. The summed E-state index contributed by atoms with van der Waals surface area (Å²) in [7, 11) is 0. The number of anilines is 1. The van der Waals surface area contributed by atoms with Crippen LogP contribution in [0.4, 0.5) is 5.69 Å². The van der Waals surface area contributed by atoms with Gasteiger partial charge in [-0.15, -0.1) is 24.0 Å². The van der Waals surface area contributed by atoms with Gasteiger partial charge in [-0.2, -0.15) is 5.10 Å². The molecular weight excluding hydrogens is 401 g/mol. The van der Waals surface area contributed by atoms with E-state index in [4.69, 9.17) is 5.73 Å². The van der Waals surface area contributed by atoms with E-state index >= 15 is 0 Å². The molecule has 0 amide bonds. The van der Waals surface area contributed by atoms with Crippen LogP contribution in [0.1, 0.15) is 30.3 Å². The third-order valence-corrected chi connectivity index (χ3v) is 3.55. The first-order chi connectivity index (χ1) is 10.6. The second-order valence-corrected chi connectivity index (χ2v) is 5.45. The second kappa shape index (κ2) is 9.54. The van der Waals surface area contributed by atoms with Crippen LogP contribution in [0.5, 0.6) is 0 Å². The zero-order valence-electron chi connectivity index (χ0n) is 14.0.